The van der Waals surface area contributed by atoms with Crippen LogP contribution in [0.25, 0.3) is 0 Å². The highest BCUT2D eigenvalue weighted by molar-refractivity contribution is 5.16. The lowest BCUT2D eigenvalue weighted by atomic mass is 9.87. The molecule has 16 heavy (non-hydrogen) atoms. The molecule has 4 heteroatoms. The highest BCUT2D eigenvalue weighted by Gasteiger charge is 2.35. The summed E-state index contributed by atoms with van der Waals surface area (Å²) in [5.74, 6) is -0.0687. The number of aliphatic hydroxyl groups excluding tert-OH is 3. The minimum Gasteiger partial charge on any atom is -0.390 e. The summed E-state index contributed by atoms with van der Waals surface area (Å²) in [6.07, 6.45) is -2.32. The van der Waals surface area contributed by atoms with Gasteiger partial charge in [-0.3, -0.25) is 5.32 Å². The molecule has 1 heterocycles. The topological polar surface area (TPSA) is 72.7 Å². The van der Waals surface area contributed by atoms with Crippen molar-refractivity contribution in [1.29, 1.82) is 0 Å². The number of aliphatic hydroxyl groups is 3. The average molecular weight is 223 g/mol. The van der Waals surface area contributed by atoms with Crippen molar-refractivity contribution in [3.63, 3.8) is 0 Å². The third-order valence-corrected chi connectivity index (χ3v) is 3.09. The number of hydrogen-bond donors (Lipinski definition) is 4. The second kappa shape index (κ2) is 4.93. The Bertz CT molecular complexity index is 330. The van der Waals surface area contributed by atoms with Gasteiger partial charge in [0.1, 0.15) is 12.3 Å². The van der Waals surface area contributed by atoms with E-state index >= 15 is 0 Å². The van der Waals surface area contributed by atoms with Crippen molar-refractivity contribution in [1.82, 2.24) is 5.32 Å². The molecule has 4 atom stereocenters. The number of piperidine rings is 1. The molecule has 1 aromatic carbocycles. The Labute approximate surface area is 94.5 Å². The van der Waals surface area contributed by atoms with Crippen LogP contribution in [0.1, 0.15) is 5.56 Å². The van der Waals surface area contributed by atoms with Crippen molar-refractivity contribution in [3.8, 4) is 0 Å². The molecule has 1 aliphatic heterocycles. The molecule has 1 aromatic rings. The van der Waals surface area contributed by atoms with Gasteiger partial charge in [0.25, 0.3) is 0 Å². The zero-order valence-electron chi connectivity index (χ0n) is 8.95. The lowest BCUT2D eigenvalue weighted by molar-refractivity contribution is -0.116. The lowest BCUT2D eigenvalue weighted by Gasteiger charge is -2.36. The summed E-state index contributed by atoms with van der Waals surface area (Å²) in [4.78, 5) is 0. The van der Waals surface area contributed by atoms with Gasteiger partial charge in [-0.05, 0) is 12.0 Å². The molecule has 0 aromatic heterocycles. The van der Waals surface area contributed by atoms with E-state index < -0.39 is 18.4 Å². The van der Waals surface area contributed by atoms with Gasteiger partial charge in [-0.2, -0.15) is 0 Å². The standard InChI is InChI=1S/C12H17NO3/c14-10-9(7-13-12(16)11(10)15)6-8-4-2-1-3-5-8/h1-5,9-16H,6-7H2/t9-,10+,11-,12+/m0/s1. The number of nitrogens with one attached hydrogen (secondary N) is 1. The minimum absolute atomic E-state index is 0.0687. The Morgan fingerprint density at radius 3 is 2.44 bits per heavy atom. The van der Waals surface area contributed by atoms with Crippen LogP contribution in [0, 0.1) is 5.92 Å². The summed E-state index contributed by atoms with van der Waals surface area (Å²) >= 11 is 0. The van der Waals surface area contributed by atoms with E-state index in [9.17, 15) is 15.3 Å². The second-order valence-electron chi connectivity index (χ2n) is 4.28. The molecular weight excluding hydrogens is 206 g/mol. The maximum Gasteiger partial charge on any atom is 0.133 e. The third kappa shape index (κ3) is 2.41. The zero-order valence-corrected chi connectivity index (χ0v) is 8.95. The van der Waals surface area contributed by atoms with E-state index in [2.05, 4.69) is 5.32 Å². The molecule has 1 fully saturated rings. The van der Waals surface area contributed by atoms with E-state index in [1.807, 2.05) is 30.3 Å². The monoisotopic (exact) mass is 223 g/mol. The molecule has 4 N–H and O–H groups in total. The van der Waals surface area contributed by atoms with Crippen molar-refractivity contribution in [2.24, 2.45) is 5.92 Å². The van der Waals surface area contributed by atoms with Crippen LogP contribution in [0.15, 0.2) is 30.3 Å². The maximum atomic E-state index is 9.82. The summed E-state index contributed by atoms with van der Waals surface area (Å²) in [7, 11) is 0. The van der Waals surface area contributed by atoms with E-state index in [1.54, 1.807) is 0 Å². The summed E-state index contributed by atoms with van der Waals surface area (Å²) in [5.41, 5.74) is 1.12. The van der Waals surface area contributed by atoms with Crippen LogP contribution in [0.2, 0.25) is 0 Å². The maximum absolute atomic E-state index is 9.82. The molecule has 4 nitrogen and oxygen atoms in total. The Hall–Kier alpha value is -0.940. The molecule has 0 amide bonds. The SMILES string of the molecule is O[C@@H]1[C@@H](Cc2ccccc2)CN[C@H](O)[C@H]1O. The smallest absolute Gasteiger partial charge is 0.133 e. The van der Waals surface area contributed by atoms with Crippen LogP contribution >= 0.6 is 0 Å². The Morgan fingerprint density at radius 2 is 1.75 bits per heavy atom. The number of hydrogen-bond acceptors (Lipinski definition) is 4. The van der Waals surface area contributed by atoms with Gasteiger partial charge in [0.2, 0.25) is 0 Å². The number of rotatable bonds is 2. The van der Waals surface area contributed by atoms with Gasteiger partial charge < -0.3 is 15.3 Å². The van der Waals surface area contributed by atoms with Gasteiger partial charge in [-0.25, -0.2) is 0 Å². The van der Waals surface area contributed by atoms with Crippen LogP contribution in [0.5, 0.6) is 0 Å². The predicted octanol–water partition coefficient (Wildman–Crippen LogP) is -0.511. The molecule has 1 aliphatic rings. The average Bonchev–Trinajstić information content (AvgIpc) is 2.31. The van der Waals surface area contributed by atoms with Gasteiger partial charge in [0, 0.05) is 12.5 Å². The van der Waals surface area contributed by atoms with Crippen LogP contribution in [0.3, 0.4) is 0 Å². The molecule has 2 rings (SSSR count). The van der Waals surface area contributed by atoms with E-state index in [-0.39, 0.29) is 5.92 Å². The molecule has 0 radical (unpaired) electrons. The first-order valence-electron chi connectivity index (χ1n) is 5.50. The van der Waals surface area contributed by atoms with Crippen LogP contribution in [-0.4, -0.2) is 40.3 Å². The van der Waals surface area contributed by atoms with E-state index in [4.69, 9.17) is 0 Å². The van der Waals surface area contributed by atoms with Crippen molar-refractivity contribution < 1.29 is 15.3 Å². The Morgan fingerprint density at radius 1 is 1.06 bits per heavy atom. The molecule has 88 valence electrons. The fourth-order valence-electron chi connectivity index (χ4n) is 2.09. The van der Waals surface area contributed by atoms with Crippen LogP contribution < -0.4 is 5.32 Å². The van der Waals surface area contributed by atoms with E-state index in [0.717, 1.165) is 5.56 Å². The van der Waals surface area contributed by atoms with Crippen LogP contribution in [-0.2, 0) is 6.42 Å². The summed E-state index contributed by atoms with van der Waals surface area (Å²) in [5, 5.41) is 31.4. The molecule has 0 saturated carbocycles. The summed E-state index contributed by atoms with van der Waals surface area (Å²) in [6, 6.07) is 9.82. The van der Waals surface area contributed by atoms with Gasteiger partial charge in [0.05, 0.1) is 6.10 Å². The molecule has 0 bridgehead atoms. The van der Waals surface area contributed by atoms with Gasteiger partial charge >= 0.3 is 0 Å². The highest BCUT2D eigenvalue weighted by atomic mass is 16.4. The molecule has 0 unspecified atom stereocenters. The summed E-state index contributed by atoms with van der Waals surface area (Å²) < 4.78 is 0. The van der Waals surface area contributed by atoms with Gasteiger partial charge in [-0.15, -0.1) is 0 Å². The molecule has 1 saturated heterocycles. The van der Waals surface area contributed by atoms with Crippen molar-refractivity contribution in [2.75, 3.05) is 6.54 Å². The van der Waals surface area contributed by atoms with Crippen molar-refractivity contribution >= 4 is 0 Å². The quantitative estimate of drug-likeness (QED) is 0.545. The Kier molecular flexibility index (Phi) is 3.56. The normalized spacial score (nSPS) is 34.9. The van der Waals surface area contributed by atoms with Gasteiger partial charge in [-0.1, -0.05) is 30.3 Å². The van der Waals surface area contributed by atoms with Crippen LogP contribution in [0.4, 0.5) is 0 Å². The fourth-order valence-corrected chi connectivity index (χ4v) is 2.09. The highest BCUT2D eigenvalue weighted by Crippen LogP contribution is 2.19. The Balaban J connectivity index is 2.00. The second-order valence-corrected chi connectivity index (χ2v) is 4.28. The third-order valence-electron chi connectivity index (χ3n) is 3.09. The first-order valence-corrected chi connectivity index (χ1v) is 5.50. The predicted molar refractivity (Wildman–Crippen MR) is 59.7 cm³/mol. The molecule has 0 spiro atoms. The first kappa shape index (κ1) is 11.5. The van der Waals surface area contributed by atoms with Crippen molar-refractivity contribution in [2.45, 2.75) is 24.9 Å². The minimum atomic E-state index is -1.11. The summed E-state index contributed by atoms with van der Waals surface area (Å²) in [6.45, 7) is 0.508. The van der Waals surface area contributed by atoms with E-state index in [0.29, 0.717) is 13.0 Å². The van der Waals surface area contributed by atoms with E-state index in [1.165, 1.54) is 0 Å². The lowest BCUT2D eigenvalue weighted by Crippen LogP contribution is -2.57. The van der Waals surface area contributed by atoms with Gasteiger partial charge in [0.15, 0.2) is 0 Å². The molecule has 0 aliphatic carbocycles. The fraction of sp³-hybridized carbons (Fsp3) is 0.500. The first-order chi connectivity index (χ1) is 7.68. The zero-order chi connectivity index (χ0) is 11.5. The molecular formula is C12H17NO3. The van der Waals surface area contributed by atoms with Crippen molar-refractivity contribution in [3.05, 3.63) is 35.9 Å². The largest absolute Gasteiger partial charge is 0.390 e. The number of benzene rings is 1.